The Labute approximate surface area is 93.8 Å². The van der Waals surface area contributed by atoms with Crippen LogP contribution in [-0.2, 0) is 9.59 Å². The zero-order chi connectivity index (χ0) is 11.7. The van der Waals surface area contributed by atoms with E-state index in [1.165, 1.54) is 4.90 Å². The number of hydrogen-bond donors (Lipinski definition) is 0. The van der Waals surface area contributed by atoms with Crippen molar-refractivity contribution in [1.29, 1.82) is 0 Å². The molecule has 1 fully saturated rings. The molecule has 1 amide bonds. The van der Waals surface area contributed by atoms with E-state index in [1.54, 1.807) is 19.2 Å². The van der Waals surface area contributed by atoms with E-state index in [0.717, 1.165) is 17.0 Å². The van der Waals surface area contributed by atoms with Crippen molar-refractivity contribution in [1.82, 2.24) is 0 Å². The first-order valence-electron chi connectivity index (χ1n) is 5.13. The lowest BCUT2D eigenvalue weighted by Gasteiger charge is -2.16. The molecular formula is C12H13NO3. The first-order chi connectivity index (χ1) is 7.63. The van der Waals surface area contributed by atoms with E-state index in [2.05, 4.69) is 0 Å². The third-order valence-corrected chi connectivity index (χ3v) is 2.74. The number of amides is 1. The van der Waals surface area contributed by atoms with Crippen molar-refractivity contribution in [2.45, 2.75) is 13.3 Å². The quantitative estimate of drug-likeness (QED) is 0.704. The van der Waals surface area contributed by atoms with Crippen LogP contribution in [0.4, 0.5) is 5.69 Å². The molecule has 16 heavy (non-hydrogen) atoms. The molecule has 0 aliphatic carbocycles. The largest absolute Gasteiger partial charge is 0.496 e. The molecule has 1 aliphatic rings. The summed E-state index contributed by atoms with van der Waals surface area (Å²) in [5.41, 5.74) is 1.71. The minimum atomic E-state index is -0.412. The Morgan fingerprint density at radius 1 is 1.31 bits per heavy atom. The molecule has 4 heteroatoms. The number of ketones is 1. The molecule has 1 aromatic rings. The maximum absolute atomic E-state index is 11.5. The summed E-state index contributed by atoms with van der Waals surface area (Å²) >= 11 is 0. The fraction of sp³-hybridized carbons (Fsp3) is 0.333. The van der Waals surface area contributed by atoms with Gasteiger partial charge in [0.25, 0.3) is 5.91 Å². The van der Waals surface area contributed by atoms with Gasteiger partial charge in [0.15, 0.2) is 0 Å². The summed E-state index contributed by atoms with van der Waals surface area (Å²) in [5.74, 6) is 0.0553. The molecule has 0 N–H and O–H groups in total. The molecule has 1 saturated heterocycles. The predicted molar refractivity (Wildman–Crippen MR) is 59.7 cm³/mol. The Bertz CT molecular complexity index is 454. The molecule has 1 aliphatic heterocycles. The van der Waals surface area contributed by atoms with Crippen molar-refractivity contribution in [3.63, 3.8) is 0 Å². The van der Waals surface area contributed by atoms with E-state index < -0.39 is 5.91 Å². The maximum atomic E-state index is 11.5. The van der Waals surface area contributed by atoms with Crippen LogP contribution in [0.1, 0.15) is 12.0 Å². The predicted octanol–water partition coefficient (Wildman–Crippen LogP) is 1.31. The van der Waals surface area contributed by atoms with Crippen molar-refractivity contribution in [2.24, 2.45) is 0 Å². The first kappa shape index (κ1) is 10.7. The molecule has 0 unspecified atom stereocenters. The summed E-state index contributed by atoms with van der Waals surface area (Å²) in [6.45, 7) is 2.38. The number of rotatable bonds is 2. The zero-order valence-electron chi connectivity index (χ0n) is 9.32. The van der Waals surface area contributed by atoms with Gasteiger partial charge in [0.1, 0.15) is 5.75 Å². The van der Waals surface area contributed by atoms with E-state index in [1.807, 2.05) is 13.0 Å². The highest BCUT2D eigenvalue weighted by atomic mass is 16.5. The summed E-state index contributed by atoms with van der Waals surface area (Å²) < 4.78 is 5.14. The van der Waals surface area contributed by atoms with Crippen molar-refractivity contribution in [3.8, 4) is 5.75 Å². The van der Waals surface area contributed by atoms with E-state index in [9.17, 15) is 9.59 Å². The Kier molecular flexibility index (Phi) is 2.64. The lowest BCUT2D eigenvalue weighted by atomic mass is 10.2. The fourth-order valence-corrected chi connectivity index (χ4v) is 1.85. The van der Waals surface area contributed by atoms with Gasteiger partial charge in [0.2, 0.25) is 5.78 Å². The van der Waals surface area contributed by atoms with Gasteiger partial charge in [0.05, 0.1) is 7.11 Å². The number of methoxy groups -OCH3 is 1. The second-order valence-corrected chi connectivity index (χ2v) is 3.78. The van der Waals surface area contributed by atoms with Crippen LogP contribution in [0.2, 0.25) is 0 Å². The number of carbonyl (C=O) groups is 2. The minimum absolute atomic E-state index is 0.309. The smallest absolute Gasteiger partial charge is 0.294 e. The summed E-state index contributed by atoms with van der Waals surface area (Å²) in [6.07, 6.45) is 0.309. The van der Waals surface area contributed by atoms with Gasteiger partial charge in [-0.05, 0) is 30.7 Å². The van der Waals surface area contributed by atoms with Gasteiger partial charge in [0, 0.05) is 18.7 Å². The standard InChI is InChI=1S/C12H13NO3/c1-8-7-9(3-4-11(8)16-2)13-6-5-10(14)12(13)15/h3-4,7H,5-6H2,1-2H3. The van der Waals surface area contributed by atoms with Crippen molar-refractivity contribution in [3.05, 3.63) is 23.8 Å². The molecule has 0 saturated carbocycles. The van der Waals surface area contributed by atoms with Crippen LogP contribution in [0.3, 0.4) is 0 Å². The molecular weight excluding hydrogens is 206 g/mol. The Balaban J connectivity index is 2.32. The van der Waals surface area contributed by atoms with Crippen LogP contribution in [0.25, 0.3) is 0 Å². The summed E-state index contributed by atoms with van der Waals surface area (Å²) in [5, 5.41) is 0. The highest BCUT2D eigenvalue weighted by Gasteiger charge is 2.30. The first-order valence-corrected chi connectivity index (χ1v) is 5.13. The second kappa shape index (κ2) is 3.96. The molecule has 84 valence electrons. The van der Waals surface area contributed by atoms with Crippen molar-refractivity contribution < 1.29 is 14.3 Å². The molecule has 0 spiro atoms. The molecule has 0 bridgehead atoms. The summed E-state index contributed by atoms with van der Waals surface area (Å²) in [4.78, 5) is 24.2. The highest BCUT2D eigenvalue weighted by Crippen LogP contribution is 2.26. The van der Waals surface area contributed by atoms with Gasteiger partial charge in [-0.3, -0.25) is 9.59 Å². The molecule has 0 aromatic heterocycles. The fourth-order valence-electron chi connectivity index (χ4n) is 1.85. The van der Waals surface area contributed by atoms with E-state index in [0.29, 0.717) is 13.0 Å². The van der Waals surface area contributed by atoms with E-state index in [-0.39, 0.29) is 5.78 Å². The molecule has 1 aromatic carbocycles. The number of benzene rings is 1. The maximum Gasteiger partial charge on any atom is 0.294 e. The average Bonchev–Trinajstić information content (AvgIpc) is 2.60. The summed E-state index contributed by atoms with van der Waals surface area (Å²) in [6, 6.07) is 5.46. The second-order valence-electron chi connectivity index (χ2n) is 3.78. The lowest BCUT2D eigenvalue weighted by Crippen LogP contribution is -2.26. The molecule has 2 rings (SSSR count). The van der Waals surface area contributed by atoms with Gasteiger partial charge in [-0.25, -0.2) is 0 Å². The van der Waals surface area contributed by atoms with Crippen LogP contribution < -0.4 is 9.64 Å². The van der Waals surface area contributed by atoms with Gasteiger partial charge < -0.3 is 9.64 Å². The number of Topliss-reactive ketones (excluding diaryl/α,β-unsaturated/α-hetero) is 1. The van der Waals surface area contributed by atoms with Crippen LogP contribution in [-0.4, -0.2) is 25.3 Å². The number of carbonyl (C=O) groups excluding carboxylic acids is 2. The van der Waals surface area contributed by atoms with Gasteiger partial charge in [-0.2, -0.15) is 0 Å². The number of nitrogens with zero attached hydrogens (tertiary/aromatic N) is 1. The van der Waals surface area contributed by atoms with Crippen molar-refractivity contribution in [2.75, 3.05) is 18.6 Å². The normalized spacial score (nSPS) is 15.8. The number of ether oxygens (including phenoxy) is 1. The number of aryl methyl sites for hydroxylation is 1. The Morgan fingerprint density at radius 2 is 2.06 bits per heavy atom. The average molecular weight is 219 g/mol. The molecule has 1 heterocycles. The topological polar surface area (TPSA) is 46.6 Å². The SMILES string of the molecule is COc1ccc(N2CCC(=O)C2=O)cc1C. The van der Waals surface area contributed by atoms with Crippen LogP contribution >= 0.6 is 0 Å². The third kappa shape index (κ3) is 1.66. The van der Waals surface area contributed by atoms with E-state index in [4.69, 9.17) is 4.74 Å². The molecule has 0 atom stereocenters. The molecule has 4 nitrogen and oxygen atoms in total. The van der Waals surface area contributed by atoms with Gasteiger partial charge >= 0.3 is 0 Å². The number of anilines is 1. The van der Waals surface area contributed by atoms with Crippen LogP contribution in [0.15, 0.2) is 18.2 Å². The Hall–Kier alpha value is -1.84. The zero-order valence-corrected chi connectivity index (χ0v) is 9.32. The monoisotopic (exact) mass is 219 g/mol. The highest BCUT2D eigenvalue weighted by molar-refractivity contribution is 6.43. The lowest BCUT2D eigenvalue weighted by molar-refractivity contribution is -0.133. The van der Waals surface area contributed by atoms with E-state index >= 15 is 0 Å². The summed E-state index contributed by atoms with van der Waals surface area (Å²) in [7, 11) is 1.60. The van der Waals surface area contributed by atoms with Gasteiger partial charge in [-0.1, -0.05) is 0 Å². The van der Waals surface area contributed by atoms with Gasteiger partial charge in [-0.15, -0.1) is 0 Å². The minimum Gasteiger partial charge on any atom is -0.496 e. The van der Waals surface area contributed by atoms with Crippen molar-refractivity contribution >= 4 is 17.4 Å². The molecule has 0 radical (unpaired) electrons. The van der Waals surface area contributed by atoms with Crippen LogP contribution in [0.5, 0.6) is 5.75 Å². The Morgan fingerprint density at radius 3 is 2.56 bits per heavy atom. The number of hydrogen-bond acceptors (Lipinski definition) is 3. The van der Waals surface area contributed by atoms with Crippen LogP contribution in [0, 0.1) is 6.92 Å². The third-order valence-electron chi connectivity index (χ3n) is 2.74.